The van der Waals surface area contributed by atoms with E-state index in [1.165, 1.54) is 0 Å². The highest BCUT2D eigenvalue weighted by molar-refractivity contribution is 6.18. The van der Waals surface area contributed by atoms with Crippen LogP contribution in [0.4, 0.5) is 8.78 Å². The number of nitrogens with zero attached hydrogens (tertiary/aromatic N) is 1. The molecule has 0 atom stereocenters. The second kappa shape index (κ2) is 4.21. The molecule has 1 nitrogen and oxygen atoms in total. The Balaban J connectivity index is 3.90. The number of alkyl halides is 3. The van der Waals surface area contributed by atoms with Gasteiger partial charge < -0.3 is 0 Å². The molecule has 0 saturated heterocycles. The van der Waals surface area contributed by atoms with Gasteiger partial charge in [0.25, 0.3) is 6.43 Å². The third-order valence-electron chi connectivity index (χ3n) is 1.77. The molecule has 0 aromatic heterocycles. The molecule has 0 aliphatic heterocycles. The van der Waals surface area contributed by atoms with Crippen LogP contribution < -0.4 is 0 Å². The fourth-order valence-electron chi connectivity index (χ4n) is 0.556. The summed E-state index contributed by atoms with van der Waals surface area (Å²) in [7, 11) is 1.65. The molecule has 0 heterocycles. The van der Waals surface area contributed by atoms with Crippen LogP contribution in [0.3, 0.4) is 0 Å². The molecule has 0 fully saturated rings. The highest BCUT2D eigenvalue weighted by Crippen LogP contribution is 2.14. The first kappa shape index (κ1) is 11.1. The molecule has 0 rings (SSSR count). The molecule has 0 spiro atoms. The maximum absolute atomic E-state index is 11.9. The molecule has 0 radical (unpaired) electrons. The second-order valence-electron chi connectivity index (χ2n) is 3.22. The lowest BCUT2D eigenvalue weighted by atomic mass is 10.1. The van der Waals surface area contributed by atoms with E-state index in [1.807, 2.05) is 13.8 Å². The standard InChI is InChI=1S/C7H14ClF2N/c1-7(2,5-8)11(3)4-6(9)10/h6H,4-5H2,1-3H3. The molecule has 0 amide bonds. The number of halogens is 3. The lowest BCUT2D eigenvalue weighted by molar-refractivity contribution is 0.0605. The van der Waals surface area contributed by atoms with Crippen LogP contribution >= 0.6 is 11.6 Å². The van der Waals surface area contributed by atoms with Gasteiger partial charge in [0.2, 0.25) is 0 Å². The van der Waals surface area contributed by atoms with Crippen LogP contribution in [-0.4, -0.2) is 36.3 Å². The quantitative estimate of drug-likeness (QED) is 0.607. The fraction of sp³-hybridized carbons (Fsp3) is 1.00. The summed E-state index contributed by atoms with van der Waals surface area (Å²) in [4.78, 5) is 1.56. The van der Waals surface area contributed by atoms with Crippen molar-refractivity contribution in [1.82, 2.24) is 4.90 Å². The smallest absolute Gasteiger partial charge is 0.251 e. The van der Waals surface area contributed by atoms with Crippen molar-refractivity contribution in [1.29, 1.82) is 0 Å². The van der Waals surface area contributed by atoms with Crippen molar-refractivity contribution < 1.29 is 8.78 Å². The van der Waals surface area contributed by atoms with Crippen molar-refractivity contribution in [3.05, 3.63) is 0 Å². The highest BCUT2D eigenvalue weighted by Gasteiger charge is 2.24. The molecule has 0 aliphatic rings. The molecule has 0 aromatic rings. The van der Waals surface area contributed by atoms with Crippen molar-refractivity contribution in [3.63, 3.8) is 0 Å². The predicted molar refractivity (Wildman–Crippen MR) is 43.4 cm³/mol. The third-order valence-corrected chi connectivity index (χ3v) is 2.43. The number of rotatable bonds is 4. The molecule has 0 bridgehead atoms. The van der Waals surface area contributed by atoms with E-state index in [0.29, 0.717) is 5.88 Å². The molecule has 68 valence electrons. The van der Waals surface area contributed by atoms with Gasteiger partial charge in [-0.15, -0.1) is 11.6 Å². The third kappa shape index (κ3) is 3.87. The summed E-state index contributed by atoms with van der Waals surface area (Å²) in [5.74, 6) is 0.357. The summed E-state index contributed by atoms with van der Waals surface area (Å²) >= 11 is 5.58. The second-order valence-corrected chi connectivity index (χ2v) is 3.48. The van der Waals surface area contributed by atoms with Gasteiger partial charge in [0.05, 0.1) is 6.54 Å². The van der Waals surface area contributed by atoms with E-state index in [4.69, 9.17) is 11.6 Å². The first-order chi connectivity index (χ1) is 4.90. The van der Waals surface area contributed by atoms with Crippen molar-refractivity contribution >= 4 is 11.6 Å². The van der Waals surface area contributed by atoms with Crippen molar-refractivity contribution in [2.75, 3.05) is 19.5 Å². The van der Waals surface area contributed by atoms with Gasteiger partial charge in [0.15, 0.2) is 0 Å². The van der Waals surface area contributed by atoms with E-state index in [-0.39, 0.29) is 12.1 Å². The zero-order valence-corrected chi connectivity index (χ0v) is 7.83. The van der Waals surface area contributed by atoms with Gasteiger partial charge in [0.1, 0.15) is 0 Å². The minimum Gasteiger partial charge on any atom is -0.294 e. The van der Waals surface area contributed by atoms with Gasteiger partial charge in [-0.05, 0) is 20.9 Å². The zero-order chi connectivity index (χ0) is 9.07. The van der Waals surface area contributed by atoms with E-state index in [2.05, 4.69) is 0 Å². The lowest BCUT2D eigenvalue weighted by Gasteiger charge is -2.33. The normalized spacial score (nSPS) is 13.1. The van der Waals surface area contributed by atoms with Gasteiger partial charge in [-0.3, -0.25) is 4.90 Å². The summed E-state index contributed by atoms with van der Waals surface area (Å²) in [6, 6.07) is 0. The number of hydrogen-bond acceptors (Lipinski definition) is 1. The van der Waals surface area contributed by atoms with E-state index in [1.54, 1.807) is 11.9 Å². The minimum atomic E-state index is -2.29. The van der Waals surface area contributed by atoms with Crippen LogP contribution in [0.2, 0.25) is 0 Å². The monoisotopic (exact) mass is 185 g/mol. The Morgan fingerprint density at radius 2 is 1.91 bits per heavy atom. The van der Waals surface area contributed by atoms with Crippen molar-refractivity contribution in [2.45, 2.75) is 25.8 Å². The van der Waals surface area contributed by atoms with Crippen molar-refractivity contribution in [2.24, 2.45) is 0 Å². The van der Waals surface area contributed by atoms with Crippen LogP contribution in [0.25, 0.3) is 0 Å². The molecular formula is C7H14ClF2N. The first-order valence-electron chi connectivity index (χ1n) is 3.45. The summed E-state index contributed by atoms with van der Waals surface area (Å²) < 4.78 is 23.7. The topological polar surface area (TPSA) is 3.24 Å². The van der Waals surface area contributed by atoms with Crippen molar-refractivity contribution in [3.8, 4) is 0 Å². The molecule has 0 unspecified atom stereocenters. The zero-order valence-electron chi connectivity index (χ0n) is 7.07. The molecule has 0 aliphatic carbocycles. The highest BCUT2D eigenvalue weighted by atomic mass is 35.5. The van der Waals surface area contributed by atoms with Crippen LogP contribution in [0.5, 0.6) is 0 Å². The molecule has 0 saturated carbocycles. The van der Waals surface area contributed by atoms with Crippen LogP contribution in [-0.2, 0) is 0 Å². The van der Waals surface area contributed by atoms with Gasteiger partial charge in [-0.25, -0.2) is 8.78 Å². The van der Waals surface area contributed by atoms with Gasteiger partial charge in [-0.1, -0.05) is 0 Å². The summed E-state index contributed by atoms with van der Waals surface area (Å²) in [5.41, 5.74) is -0.349. The Kier molecular flexibility index (Phi) is 4.26. The first-order valence-corrected chi connectivity index (χ1v) is 3.99. The SMILES string of the molecule is CN(CC(F)F)C(C)(C)CCl. The van der Waals surface area contributed by atoms with Gasteiger partial charge in [0, 0.05) is 11.4 Å². The molecule has 4 heteroatoms. The van der Waals surface area contributed by atoms with Crippen LogP contribution in [0.1, 0.15) is 13.8 Å². The Morgan fingerprint density at radius 3 is 2.18 bits per heavy atom. The Morgan fingerprint density at radius 1 is 1.45 bits per heavy atom. The molecule has 0 N–H and O–H groups in total. The summed E-state index contributed by atoms with van der Waals surface area (Å²) in [6.07, 6.45) is -2.29. The predicted octanol–water partition coefficient (Wildman–Crippen LogP) is 2.20. The molecular weight excluding hydrogens is 172 g/mol. The van der Waals surface area contributed by atoms with E-state index < -0.39 is 6.43 Å². The molecule has 0 aromatic carbocycles. The Labute approximate surface area is 71.3 Å². The summed E-state index contributed by atoms with van der Waals surface area (Å²) in [5, 5.41) is 0. The largest absolute Gasteiger partial charge is 0.294 e. The van der Waals surface area contributed by atoms with Gasteiger partial charge in [-0.2, -0.15) is 0 Å². The Bertz CT molecular complexity index is 117. The molecule has 11 heavy (non-hydrogen) atoms. The number of hydrogen-bond donors (Lipinski definition) is 0. The Hall–Kier alpha value is 0.110. The lowest BCUT2D eigenvalue weighted by Crippen LogP contribution is -2.44. The average Bonchev–Trinajstić information content (AvgIpc) is 1.86. The minimum absolute atomic E-state index is 0.222. The maximum atomic E-state index is 11.9. The maximum Gasteiger partial charge on any atom is 0.251 e. The van der Waals surface area contributed by atoms with Crippen LogP contribution in [0.15, 0.2) is 0 Å². The van der Waals surface area contributed by atoms with Crippen LogP contribution in [0, 0.1) is 0 Å². The van der Waals surface area contributed by atoms with E-state index in [9.17, 15) is 8.78 Å². The van der Waals surface area contributed by atoms with Gasteiger partial charge >= 0.3 is 0 Å². The van der Waals surface area contributed by atoms with E-state index >= 15 is 0 Å². The average molecular weight is 186 g/mol. The van der Waals surface area contributed by atoms with E-state index in [0.717, 1.165) is 0 Å². The summed E-state index contributed by atoms with van der Waals surface area (Å²) in [6.45, 7) is 3.45. The fourth-order valence-corrected chi connectivity index (χ4v) is 0.760.